The molecule has 4 aromatic rings. The number of hydrogen-bond donors (Lipinski definition) is 7. The number of cyclic esters (lactones) is 1. The Morgan fingerprint density at radius 1 is 0.833 bits per heavy atom. The van der Waals surface area contributed by atoms with E-state index in [9.17, 15) is 53.1 Å². The van der Waals surface area contributed by atoms with Crippen LogP contribution in [0.25, 0.3) is 22.3 Å². The van der Waals surface area contributed by atoms with Crippen molar-refractivity contribution in [2.45, 2.75) is 95.7 Å². The van der Waals surface area contributed by atoms with Crippen molar-refractivity contribution in [3.63, 3.8) is 0 Å². The van der Waals surface area contributed by atoms with Gasteiger partial charge in [-0.25, -0.2) is 14.2 Å². The fraction of sp³-hybridized carbons (Fsp3) is 0.415. The molecule has 25 heteroatoms. The van der Waals surface area contributed by atoms with E-state index in [0.29, 0.717) is 43.2 Å². The minimum absolute atomic E-state index is 0.00908. The lowest BCUT2D eigenvalue weighted by Gasteiger charge is -2.31. The molecule has 1 fully saturated rings. The molecular weight excluding hydrogens is 1020 g/mol. The molecule has 6 heterocycles. The molecule has 410 valence electrons. The van der Waals surface area contributed by atoms with Gasteiger partial charge in [0.2, 0.25) is 48.0 Å². The van der Waals surface area contributed by atoms with Gasteiger partial charge in [0, 0.05) is 60.7 Å². The number of fused-ring (bicyclic) bond motifs is 6. The van der Waals surface area contributed by atoms with E-state index in [0.717, 1.165) is 4.90 Å². The Morgan fingerprint density at radius 3 is 2.29 bits per heavy atom. The molecule has 0 saturated heterocycles. The Balaban J connectivity index is 0.770. The third kappa shape index (κ3) is 11.7. The summed E-state index contributed by atoms with van der Waals surface area (Å²) in [7, 11) is 0. The monoisotopic (exact) mass is 1080 g/mol. The van der Waals surface area contributed by atoms with E-state index in [1.54, 1.807) is 37.3 Å². The second-order valence-electron chi connectivity index (χ2n) is 19.3. The summed E-state index contributed by atoms with van der Waals surface area (Å²) in [5.74, 6) is -6.50. The van der Waals surface area contributed by atoms with E-state index in [1.165, 1.54) is 28.9 Å². The Hall–Kier alpha value is -8.58. The molecule has 2 aromatic carbocycles. The number of rotatable bonds is 24. The van der Waals surface area contributed by atoms with E-state index < -0.39 is 96.9 Å². The van der Waals surface area contributed by atoms with Crippen molar-refractivity contribution < 1.29 is 71.6 Å². The molecule has 0 bridgehead atoms. The average Bonchev–Trinajstić information content (AvgIpc) is 3.89. The van der Waals surface area contributed by atoms with Gasteiger partial charge in [0.15, 0.2) is 17.2 Å². The summed E-state index contributed by atoms with van der Waals surface area (Å²) in [6.45, 7) is -1.07. The number of carbonyl (C=O) groups is 9. The lowest BCUT2D eigenvalue weighted by atomic mass is 9.86. The van der Waals surface area contributed by atoms with Crippen molar-refractivity contribution in [3.8, 4) is 22.9 Å². The first-order valence-corrected chi connectivity index (χ1v) is 25.5. The first-order valence-electron chi connectivity index (χ1n) is 25.5. The van der Waals surface area contributed by atoms with Crippen LogP contribution in [0.3, 0.4) is 0 Å². The van der Waals surface area contributed by atoms with E-state index in [1.807, 2.05) is 0 Å². The van der Waals surface area contributed by atoms with Crippen molar-refractivity contribution in [3.05, 3.63) is 98.6 Å². The number of ether oxygens (including phenoxy) is 4. The quantitative estimate of drug-likeness (QED) is 0.0185. The van der Waals surface area contributed by atoms with Gasteiger partial charge in [-0.3, -0.25) is 48.1 Å². The van der Waals surface area contributed by atoms with Crippen molar-refractivity contribution in [1.29, 1.82) is 0 Å². The zero-order valence-corrected chi connectivity index (χ0v) is 42.3. The number of aromatic nitrogens is 2. The number of hydrogen-bond acceptors (Lipinski definition) is 16. The summed E-state index contributed by atoms with van der Waals surface area (Å²) < 4.78 is 39.8. The summed E-state index contributed by atoms with van der Waals surface area (Å²) in [6, 6.07) is 10.6. The van der Waals surface area contributed by atoms with Crippen LogP contribution in [0.4, 0.5) is 4.39 Å². The zero-order valence-electron chi connectivity index (χ0n) is 42.3. The van der Waals surface area contributed by atoms with Gasteiger partial charge in [-0.1, -0.05) is 43.7 Å². The predicted octanol–water partition coefficient (Wildman–Crippen LogP) is -0.00600. The number of nitrogens with zero attached hydrogens (tertiary/aromatic N) is 3. The fourth-order valence-electron chi connectivity index (χ4n) is 9.70. The number of imide groups is 1. The fourth-order valence-corrected chi connectivity index (χ4v) is 9.70. The molecule has 0 radical (unpaired) electrons. The smallest absolute Gasteiger partial charge is 0.343 e. The maximum atomic E-state index is 16.4. The first-order chi connectivity index (χ1) is 37.5. The van der Waals surface area contributed by atoms with Gasteiger partial charge in [-0.15, -0.1) is 0 Å². The maximum absolute atomic E-state index is 16.4. The van der Waals surface area contributed by atoms with Gasteiger partial charge in [0.25, 0.3) is 17.4 Å². The summed E-state index contributed by atoms with van der Waals surface area (Å²) in [6.07, 6.45) is 4.20. The molecule has 24 nitrogen and oxygen atoms in total. The molecule has 0 spiro atoms. The van der Waals surface area contributed by atoms with E-state index in [-0.39, 0.29) is 121 Å². The second-order valence-corrected chi connectivity index (χ2v) is 19.3. The van der Waals surface area contributed by atoms with E-state index in [4.69, 9.17) is 23.9 Å². The number of benzene rings is 2. The van der Waals surface area contributed by atoms with Crippen LogP contribution in [-0.4, -0.2) is 125 Å². The van der Waals surface area contributed by atoms with Crippen LogP contribution in [0.2, 0.25) is 0 Å². The lowest BCUT2D eigenvalue weighted by molar-refractivity contribution is -0.172. The lowest BCUT2D eigenvalue weighted by Crippen LogP contribution is -2.52. The van der Waals surface area contributed by atoms with Gasteiger partial charge in [-0.05, 0) is 55.2 Å². The van der Waals surface area contributed by atoms with Crippen molar-refractivity contribution in [1.82, 2.24) is 46.4 Å². The van der Waals surface area contributed by atoms with Crippen LogP contribution in [0.15, 0.2) is 59.4 Å². The van der Waals surface area contributed by atoms with Crippen LogP contribution in [0, 0.1) is 11.7 Å². The third-order valence-corrected chi connectivity index (χ3v) is 14.1. The largest absolute Gasteiger partial charge is 0.458 e. The van der Waals surface area contributed by atoms with Crippen molar-refractivity contribution in [2.75, 3.05) is 39.7 Å². The molecule has 1 saturated carbocycles. The summed E-state index contributed by atoms with van der Waals surface area (Å²) in [5.41, 5.74) is -0.440. The Kier molecular flexibility index (Phi) is 16.2. The topological polar surface area (TPSA) is 321 Å². The molecule has 9 rings (SSSR count). The molecule has 1 aliphatic carbocycles. The SMILES string of the molecule is CC[C@@]1(O)C(=O)OCc2c1cc1n(c2=O)Cc2c-1nc1cc3c(c(F)c1c2CNC(=O)C(OCNC(=O)CNC(=O)[C@H](Cc1ccccc1)NC(=O)CNC(=O)CNC(=O)CCCCCN1C(=O)C=CC1=O)C1CC1)OCO3. The highest BCUT2D eigenvalue weighted by Crippen LogP contribution is 2.45. The zero-order chi connectivity index (χ0) is 55.3. The molecule has 8 amide bonds. The van der Waals surface area contributed by atoms with Gasteiger partial charge in [0.1, 0.15) is 25.5 Å². The van der Waals surface area contributed by atoms with Crippen molar-refractivity contribution in [2.24, 2.45) is 5.92 Å². The van der Waals surface area contributed by atoms with Crippen LogP contribution >= 0.6 is 0 Å². The van der Waals surface area contributed by atoms with Gasteiger partial charge in [0.05, 0.1) is 48.6 Å². The molecule has 4 aliphatic heterocycles. The number of unbranched alkanes of at least 4 members (excludes halogenated alkanes) is 2. The number of esters is 1. The summed E-state index contributed by atoms with van der Waals surface area (Å²) >= 11 is 0. The Bertz CT molecular complexity index is 3200. The van der Waals surface area contributed by atoms with Crippen molar-refractivity contribution >= 4 is 64.1 Å². The Labute approximate surface area is 443 Å². The van der Waals surface area contributed by atoms with Gasteiger partial charge in [-0.2, -0.15) is 0 Å². The van der Waals surface area contributed by atoms with Crippen LogP contribution in [0.5, 0.6) is 11.5 Å². The average molecular weight is 1080 g/mol. The predicted molar refractivity (Wildman–Crippen MR) is 268 cm³/mol. The number of amides is 8. The highest BCUT2D eigenvalue weighted by atomic mass is 19.1. The number of pyridine rings is 2. The number of halogens is 1. The molecule has 2 aromatic heterocycles. The van der Waals surface area contributed by atoms with Crippen LogP contribution in [-0.2, 0) is 84.3 Å². The molecule has 1 unspecified atom stereocenters. The standard InChI is InChI=1S/C53H56FN9O15/c1-2-53(74)33-18-36-46-31(24-63(36)51(72)32(33)25-75-52(53)73)30(44-34(61-46)19-37-48(45(44)54)78-27-77-37)20-57-50(71)47(29-12-13-29)76-26-59-40(66)22-58-49(70)35(17-28-9-5-3-6-10-28)60-41(67)23-56-39(65)21-55-38(64)11-7-4-8-16-62-42(68)14-15-43(62)69/h3,5-6,9-10,14-15,18-19,29,35,47,74H,2,4,7-8,11-13,16-17,20-27H2,1H3,(H,55,64)(H,56,65)(H,57,71)(H,58,70)(H,59,66)(H,60,67)/t35-,47?,53-/m0/s1. The van der Waals surface area contributed by atoms with E-state index >= 15 is 4.39 Å². The third-order valence-electron chi connectivity index (χ3n) is 14.1. The van der Waals surface area contributed by atoms with Gasteiger partial charge >= 0.3 is 5.97 Å². The first kappa shape index (κ1) is 54.2. The molecule has 78 heavy (non-hydrogen) atoms. The molecule has 7 N–H and O–H groups in total. The summed E-state index contributed by atoms with van der Waals surface area (Å²) in [4.78, 5) is 134. The highest BCUT2D eigenvalue weighted by Gasteiger charge is 2.46. The van der Waals surface area contributed by atoms with Crippen LogP contribution in [0.1, 0.15) is 79.7 Å². The second kappa shape index (κ2) is 23.3. The normalized spacial score (nSPS) is 17.4. The number of aliphatic hydroxyl groups is 1. The minimum atomic E-state index is -2.09. The minimum Gasteiger partial charge on any atom is -0.458 e. The number of nitrogens with one attached hydrogen (secondary N) is 6. The Morgan fingerprint density at radius 2 is 1.55 bits per heavy atom. The highest BCUT2D eigenvalue weighted by molar-refractivity contribution is 6.12. The molecular formula is C53H56FN9O15. The van der Waals surface area contributed by atoms with E-state index in [2.05, 4.69) is 31.9 Å². The van der Waals surface area contributed by atoms with Gasteiger partial charge < -0.3 is 60.5 Å². The molecule has 5 aliphatic rings. The maximum Gasteiger partial charge on any atom is 0.343 e. The summed E-state index contributed by atoms with van der Waals surface area (Å²) in [5, 5.41) is 26.7. The number of carbonyl (C=O) groups excluding carboxylic acids is 9. The molecule has 3 atom stereocenters. The van der Waals surface area contributed by atoms with Crippen LogP contribution < -0.4 is 46.9 Å².